The van der Waals surface area contributed by atoms with Crippen LogP contribution in [0, 0.1) is 12.3 Å². The molecule has 0 radical (unpaired) electrons. The Morgan fingerprint density at radius 3 is 2.60 bits per heavy atom. The van der Waals surface area contributed by atoms with E-state index in [-0.39, 0.29) is 11.3 Å². The van der Waals surface area contributed by atoms with Crippen molar-refractivity contribution in [2.75, 3.05) is 26.7 Å². The summed E-state index contributed by atoms with van der Waals surface area (Å²) < 4.78 is 5.21. The third-order valence-corrected chi connectivity index (χ3v) is 6.08. The summed E-state index contributed by atoms with van der Waals surface area (Å²) in [5.74, 6) is 0.873. The van der Waals surface area contributed by atoms with Crippen molar-refractivity contribution in [1.29, 1.82) is 0 Å². The lowest BCUT2D eigenvalue weighted by Crippen LogP contribution is -2.42. The van der Waals surface area contributed by atoms with Crippen molar-refractivity contribution in [3.05, 3.63) is 40.1 Å². The lowest BCUT2D eigenvalue weighted by Gasteiger charge is -2.34. The van der Waals surface area contributed by atoms with E-state index in [0.717, 1.165) is 59.1 Å². The molecule has 0 saturated carbocycles. The van der Waals surface area contributed by atoms with E-state index in [1.54, 1.807) is 18.4 Å². The summed E-state index contributed by atoms with van der Waals surface area (Å²) in [5.41, 5.74) is 2.43. The number of carbonyl (C=O) groups excluding carboxylic acids is 1. The summed E-state index contributed by atoms with van der Waals surface area (Å²) in [4.78, 5) is 14.5. The zero-order chi connectivity index (χ0) is 17.9. The highest BCUT2D eigenvalue weighted by Crippen LogP contribution is 2.32. The molecule has 0 spiro atoms. The molecule has 4 nitrogen and oxygen atoms in total. The largest absolute Gasteiger partial charge is 0.497 e. The predicted octanol–water partition coefficient (Wildman–Crippen LogP) is 3.85. The average Bonchev–Trinajstić information content (AvgIpc) is 3.02. The molecule has 1 amide bonds. The molecule has 0 bridgehead atoms. The second-order valence-electron chi connectivity index (χ2n) is 7.05. The molecular weight excluding hydrogens is 332 g/mol. The fourth-order valence-corrected chi connectivity index (χ4v) is 4.20. The minimum atomic E-state index is 0.0348. The van der Waals surface area contributed by atoms with Crippen molar-refractivity contribution >= 4 is 17.2 Å². The van der Waals surface area contributed by atoms with Gasteiger partial charge in [-0.05, 0) is 67.6 Å². The molecule has 1 aliphatic heterocycles. The topological polar surface area (TPSA) is 50.4 Å². The predicted molar refractivity (Wildman–Crippen MR) is 104 cm³/mol. The van der Waals surface area contributed by atoms with Gasteiger partial charge in [0.05, 0.1) is 12.0 Å². The van der Waals surface area contributed by atoms with E-state index >= 15 is 0 Å². The molecular formula is C20H26N2O2S. The van der Waals surface area contributed by atoms with E-state index in [4.69, 9.17) is 4.74 Å². The first-order valence-electron chi connectivity index (χ1n) is 8.74. The number of ether oxygens (including phenoxy) is 1. The van der Waals surface area contributed by atoms with Gasteiger partial charge < -0.3 is 15.4 Å². The van der Waals surface area contributed by atoms with Crippen LogP contribution in [0.15, 0.2) is 30.3 Å². The van der Waals surface area contributed by atoms with Gasteiger partial charge in [0.15, 0.2) is 0 Å². The SMILES string of the molecule is COc1ccc(-c2cc(C(=O)NCC3(C)CCNCC3)sc2C)cc1. The van der Waals surface area contributed by atoms with Gasteiger partial charge in [-0.2, -0.15) is 0 Å². The molecule has 1 saturated heterocycles. The van der Waals surface area contributed by atoms with Gasteiger partial charge in [-0.25, -0.2) is 0 Å². The van der Waals surface area contributed by atoms with Gasteiger partial charge in [-0.15, -0.1) is 11.3 Å². The molecule has 2 aromatic rings. The normalized spacial score (nSPS) is 16.4. The first-order valence-corrected chi connectivity index (χ1v) is 9.56. The molecule has 1 fully saturated rings. The number of aryl methyl sites for hydroxylation is 1. The molecule has 1 aromatic carbocycles. The number of rotatable bonds is 5. The molecule has 134 valence electrons. The van der Waals surface area contributed by atoms with Crippen molar-refractivity contribution in [1.82, 2.24) is 10.6 Å². The van der Waals surface area contributed by atoms with Crippen molar-refractivity contribution in [3.63, 3.8) is 0 Å². The van der Waals surface area contributed by atoms with Crippen LogP contribution in [0.1, 0.15) is 34.3 Å². The van der Waals surface area contributed by atoms with Gasteiger partial charge in [0.2, 0.25) is 0 Å². The zero-order valence-corrected chi connectivity index (χ0v) is 16.0. The highest BCUT2D eigenvalue weighted by atomic mass is 32.1. The third kappa shape index (κ3) is 4.22. The van der Waals surface area contributed by atoms with Crippen molar-refractivity contribution in [2.24, 2.45) is 5.41 Å². The molecule has 0 aliphatic carbocycles. The van der Waals surface area contributed by atoms with E-state index in [1.807, 2.05) is 30.3 Å². The number of amides is 1. The van der Waals surface area contributed by atoms with Gasteiger partial charge in [0.25, 0.3) is 5.91 Å². The number of carbonyl (C=O) groups is 1. The highest BCUT2D eigenvalue weighted by Gasteiger charge is 2.27. The minimum Gasteiger partial charge on any atom is -0.497 e. The number of benzene rings is 1. The summed E-state index contributed by atoms with van der Waals surface area (Å²) in [6.07, 6.45) is 2.21. The summed E-state index contributed by atoms with van der Waals surface area (Å²) in [6.45, 7) is 7.13. The first-order chi connectivity index (χ1) is 12.0. The first kappa shape index (κ1) is 18.0. The summed E-state index contributed by atoms with van der Waals surface area (Å²) >= 11 is 1.56. The van der Waals surface area contributed by atoms with Gasteiger partial charge in [0.1, 0.15) is 5.75 Å². The van der Waals surface area contributed by atoms with E-state index in [0.29, 0.717) is 0 Å². The van der Waals surface area contributed by atoms with Gasteiger partial charge in [-0.3, -0.25) is 4.79 Å². The summed E-state index contributed by atoms with van der Waals surface area (Å²) in [7, 11) is 1.66. The van der Waals surface area contributed by atoms with Crippen LogP contribution in [0.3, 0.4) is 0 Å². The van der Waals surface area contributed by atoms with Crippen LogP contribution in [0.4, 0.5) is 0 Å². The number of nitrogens with one attached hydrogen (secondary N) is 2. The van der Waals surface area contributed by atoms with Crippen LogP contribution in [0.25, 0.3) is 11.1 Å². The molecule has 2 heterocycles. The number of hydrogen-bond donors (Lipinski definition) is 2. The van der Waals surface area contributed by atoms with Crippen LogP contribution in [0.2, 0.25) is 0 Å². The smallest absolute Gasteiger partial charge is 0.261 e. The molecule has 0 atom stereocenters. The average molecular weight is 359 g/mol. The molecule has 0 unspecified atom stereocenters. The maximum absolute atomic E-state index is 12.6. The Morgan fingerprint density at radius 2 is 1.96 bits per heavy atom. The van der Waals surface area contributed by atoms with Crippen LogP contribution >= 0.6 is 11.3 Å². The quantitative estimate of drug-likeness (QED) is 0.853. The second kappa shape index (κ2) is 7.58. The van der Waals surface area contributed by atoms with Gasteiger partial charge in [-0.1, -0.05) is 19.1 Å². The molecule has 1 aromatic heterocycles. The minimum absolute atomic E-state index is 0.0348. The number of hydrogen-bond acceptors (Lipinski definition) is 4. The molecule has 3 rings (SSSR count). The fourth-order valence-electron chi connectivity index (χ4n) is 3.24. The highest BCUT2D eigenvalue weighted by molar-refractivity contribution is 7.14. The third-order valence-electron chi connectivity index (χ3n) is 5.03. The number of methoxy groups -OCH3 is 1. The fraction of sp³-hybridized carbons (Fsp3) is 0.450. The van der Waals surface area contributed by atoms with Gasteiger partial charge in [0, 0.05) is 11.4 Å². The molecule has 25 heavy (non-hydrogen) atoms. The monoisotopic (exact) mass is 358 g/mol. The Hall–Kier alpha value is -1.85. The van der Waals surface area contributed by atoms with Crippen LogP contribution < -0.4 is 15.4 Å². The second-order valence-corrected chi connectivity index (χ2v) is 8.31. The Labute approximate surface area is 153 Å². The molecule has 1 aliphatic rings. The van der Waals surface area contributed by atoms with E-state index < -0.39 is 0 Å². The van der Waals surface area contributed by atoms with E-state index in [9.17, 15) is 4.79 Å². The van der Waals surface area contributed by atoms with Crippen LogP contribution in [0.5, 0.6) is 5.75 Å². The van der Waals surface area contributed by atoms with E-state index in [1.165, 1.54) is 0 Å². The zero-order valence-electron chi connectivity index (χ0n) is 15.1. The van der Waals surface area contributed by atoms with Gasteiger partial charge >= 0.3 is 0 Å². The Morgan fingerprint density at radius 1 is 1.28 bits per heavy atom. The van der Waals surface area contributed by atoms with Crippen molar-refractivity contribution < 1.29 is 9.53 Å². The Balaban J connectivity index is 1.69. The Bertz CT molecular complexity index is 731. The lowest BCUT2D eigenvalue weighted by molar-refractivity contribution is 0.0926. The van der Waals surface area contributed by atoms with Crippen LogP contribution in [-0.4, -0.2) is 32.7 Å². The summed E-state index contributed by atoms with van der Waals surface area (Å²) in [5, 5.41) is 6.52. The lowest BCUT2D eigenvalue weighted by atomic mass is 9.81. The Kier molecular flexibility index (Phi) is 5.45. The molecule has 2 N–H and O–H groups in total. The number of piperidine rings is 1. The standard InChI is InChI=1S/C20H26N2O2S/c1-14-17(15-4-6-16(24-3)7-5-15)12-18(25-14)19(23)22-13-20(2)8-10-21-11-9-20/h4-7,12,21H,8-11,13H2,1-3H3,(H,22,23). The van der Waals surface area contributed by atoms with Crippen molar-refractivity contribution in [2.45, 2.75) is 26.7 Å². The number of thiophene rings is 1. The van der Waals surface area contributed by atoms with Crippen molar-refractivity contribution in [3.8, 4) is 16.9 Å². The maximum Gasteiger partial charge on any atom is 0.261 e. The molecule has 5 heteroatoms. The van der Waals surface area contributed by atoms with E-state index in [2.05, 4.69) is 24.5 Å². The summed E-state index contributed by atoms with van der Waals surface area (Å²) in [6, 6.07) is 9.97. The maximum atomic E-state index is 12.6. The van der Waals surface area contributed by atoms with Crippen LogP contribution in [-0.2, 0) is 0 Å².